The van der Waals surface area contributed by atoms with Crippen molar-refractivity contribution in [2.24, 2.45) is 23.7 Å². The Morgan fingerprint density at radius 2 is 1.70 bits per heavy atom. The van der Waals surface area contributed by atoms with Gasteiger partial charge in [-0.1, -0.05) is 57.0 Å². The Kier molecular flexibility index (Phi) is 6.03. The largest absolute Gasteiger partial charge is 0.454 e. The molecule has 7 nitrogen and oxygen atoms in total. The van der Waals surface area contributed by atoms with Crippen molar-refractivity contribution in [3.8, 4) is 0 Å². The molecule has 3 fully saturated rings. The summed E-state index contributed by atoms with van der Waals surface area (Å²) in [5.41, 5.74) is 1.64. The second-order valence-corrected chi connectivity index (χ2v) is 10.1. The Morgan fingerprint density at radius 1 is 1.10 bits per heavy atom. The molecule has 1 saturated heterocycles. The van der Waals surface area contributed by atoms with E-state index in [2.05, 4.69) is 37.2 Å². The molecule has 4 rings (SSSR count). The number of hydrogen-bond acceptors (Lipinski definition) is 5. The molecule has 9 heteroatoms. The monoisotopic (exact) mass is 540 g/mol. The molecule has 1 aliphatic heterocycles. The molecular formula is C21H22Br2N2O5. The van der Waals surface area contributed by atoms with Gasteiger partial charge < -0.3 is 10.1 Å². The number of ether oxygens (including phenoxy) is 1. The van der Waals surface area contributed by atoms with Crippen molar-refractivity contribution < 1.29 is 23.9 Å². The zero-order valence-electron chi connectivity index (χ0n) is 16.3. The van der Waals surface area contributed by atoms with Gasteiger partial charge in [-0.15, -0.1) is 0 Å². The van der Waals surface area contributed by atoms with E-state index in [0.717, 1.165) is 23.3 Å². The molecule has 0 radical (unpaired) electrons. The predicted octanol–water partition coefficient (Wildman–Crippen LogP) is 2.51. The molecular weight excluding hydrogens is 520 g/mol. The zero-order valence-corrected chi connectivity index (χ0v) is 19.5. The Labute approximate surface area is 191 Å². The van der Waals surface area contributed by atoms with E-state index in [4.69, 9.17) is 4.74 Å². The quantitative estimate of drug-likeness (QED) is 0.339. The Morgan fingerprint density at radius 3 is 2.30 bits per heavy atom. The van der Waals surface area contributed by atoms with Crippen LogP contribution in [0, 0.1) is 23.7 Å². The van der Waals surface area contributed by atoms with Crippen molar-refractivity contribution in [2.45, 2.75) is 29.4 Å². The summed E-state index contributed by atoms with van der Waals surface area (Å²) < 4.78 is 5.03. The average Bonchev–Trinajstić information content (AvgIpc) is 3.33. The van der Waals surface area contributed by atoms with Gasteiger partial charge in [0.1, 0.15) is 6.54 Å². The molecule has 3 aliphatic rings. The molecule has 160 valence electrons. The van der Waals surface area contributed by atoms with Gasteiger partial charge in [0.25, 0.3) is 5.91 Å². The van der Waals surface area contributed by atoms with Crippen molar-refractivity contribution >= 4 is 61.2 Å². The minimum absolute atomic E-state index is 0.0891. The predicted molar refractivity (Wildman–Crippen MR) is 116 cm³/mol. The number of aryl methyl sites for hydroxylation is 1. The van der Waals surface area contributed by atoms with Crippen LogP contribution in [0.2, 0.25) is 0 Å². The Bertz CT molecular complexity index is 875. The molecule has 1 aromatic carbocycles. The maximum Gasteiger partial charge on any atom is 0.326 e. The van der Waals surface area contributed by atoms with Gasteiger partial charge in [-0.3, -0.25) is 24.1 Å². The van der Waals surface area contributed by atoms with Crippen molar-refractivity contribution in [3.05, 3.63) is 29.8 Å². The number of rotatable bonds is 6. The number of nitrogens with one attached hydrogen (secondary N) is 1. The number of alkyl halides is 2. The fourth-order valence-corrected chi connectivity index (χ4v) is 6.90. The second kappa shape index (κ2) is 8.42. The van der Waals surface area contributed by atoms with E-state index < -0.39 is 25.0 Å². The number of likely N-dealkylation sites (tertiary alicyclic amines) is 1. The summed E-state index contributed by atoms with van der Waals surface area (Å²) in [5, 5.41) is 2.72. The maximum atomic E-state index is 12.8. The molecule has 2 saturated carbocycles. The zero-order chi connectivity index (χ0) is 21.6. The first-order valence-corrected chi connectivity index (χ1v) is 11.8. The van der Waals surface area contributed by atoms with E-state index in [-0.39, 0.29) is 45.1 Å². The lowest BCUT2D eigenvalue weighted by Crippen LogP contribution is -2.38. The number of anilines is 1. The topological polar surface area (TPSA) is 92.8 Å². The lowest BCUT2D eigenvalue weighted by Gasteiger charge is -2.28. The van der Waals surface area contributed by atoms with Crippen LogP contribution >= 0.6 is 31.9 Å². The van der Waals surface area contributed by atoms with E-state index in [1.807, 2.05) is 25.1 Å². The van der Waals surface area contributed by atoms with Crippen LogP contribution in [0.1, 0.15) is 18.9 Å². The number of fused-ring (bicyclic) bond motifs is 5. The third-order valence-electron chi connectivity index (χ3n) is 6.40. The number of esters is 1. The van der Waals surface area contributed by atoms with Crippen molar-refractivity contribution in [2.75, 3.05) is 18.5 Å². The number of halogens is 2. The number of benzene rings is 1. The van der Waals surface area contributed by atoms with Gasteiger partial charge in [-0.25, -0.2) is 0 Å². The first kappa shape index (κ1) is 21.5. The summed E-state index contributed by atoms with van der Waals surface area (Å²) in [6, 6.07) is 7.38. The van der Waals surface area contributed by atoms with Gasteiger partial charge in [0, 0.05) is 15.3 Å². The van der Waals surface area contributed by atoms with Crippen molar-refractivity contribution in [1.82, 2.24) is 4.90 Å². The summed E-state index contributed by atoms with van der Waals surface area (Å²) in [7, 11) is 0. The van der Waals surface area contributed by atoms with Gasteiger partial charge >= 0.3 is 5.97 Å². The highest BCUT2D eigenvalue weighted by atomic mass is 79.9. The van der Waals surface area contributed by atoms with Crippen molar-refractivity contribution in [3.63, 3.8) is 0 Å². The summed E-state index contributed by atoms with van der Waals surface area (Å²) in [5.74, 6) is -2.42. The van der Waals surface area contributed by atoms with Crippen LogP contribution in [0.4, 0.5) is 5.69 Å². The highest BCUT2D eigenvalue weighted by Gasteiger charge is 2.66. The SMILES string of the molecule is CCc1ccccc1NC(=O)COC(=O)CN1C(=O)[C@@H]2[C@H]3C[C@@H]([C@@H](Br)[C@H]3Br)[C@H]2C1=O. The Hall–Kier alpha value is -1.74. The standard InChI is InChI=1S/C21H22Br2N2O5/c1-2-10-5-3-4-6-13(10)24-14(26)9-30-15(27)8-25-20(28)16-11-7-12(17(16)21(25)29)19(23)18(11)22/h3-6,11-12,16-19H,2,7-9H2,1H3,(H,24,26)/t11-,12-,16-,17-,18-,19+/m1/s1. The van der Waals surface area contributed by atoms with Crippen LogP contribution < -0.4 is 5.32 Å². The highest BCUT2D eigenvalue weighted by Crippen LogP contribution is 2.60. The van der Waals surface area contributed by atoms with E-state index in [1.54, 1.807) is 6.07 Å². The summed E-state index contributed by atoms with van der Waals surface area (Å²) in [4.78, 5) is 51.3. The van der Waals surface area contributed by atoms with Gasteiger partial charge in [0.05, 0.1) is 11.8 Å². The third kappa shape index (κ3) is 3.60. The fourth-order valence-electron chi connectivity index (χ4n) is 5.02. The molecule has 1 aromatic rings. The van der Waals surface area contributed by atoms with Gasteiger partial charge in [-0.2, -0.15) is 0 Å². The molecule has 0 spiro atoms. The van der Waals surface area contributed by atoms with Crippen LogP contribution in [0.3, 0.4) is 0 Å². The molecule has 1 N–H and O–H groups in total. The molecule has 30 heavy (non-hydrogen) atoms. The van der Waals surface area contributed by atoms with Crippen LogP contribution in [0.25, 0.3) is 0 Å². The Balaban J connectivity index is 1.32. The van der Waals surface area contributed by atoms with E-state index in [1.165, 1.54) is 0 Å². The lowest BCUT2D eigenvalue weighted by molar-refractivity contribution is -0.154. The van der Waals surface area contributed by atoms with Gasteiger partial charge in [0.15, 0.2) is 6.61 Å². The third-order valence-corrected chi connectivity index (χ3v) is 9.61. The second-order valence-electron chi connectivity index (χ2n) is 7.99. The molecule has 2 aliphatic carbocycles. The number of amides is 3. The van der Waals surface area contributed by atoms with Gasteiger partial charge in [0.2, 0.25) is 11.8 Å². The van der Waals surface area contributed by atoms with Crippen LogP contribution in [0.15, 0.2) is 24.3 Å². The van der Waals surface area contributed by atoms with Gasteiger partial charge in [-0.05, 0) is 36.3 Å². The number of para-hydroxylation sites is 1. The summed E-state index contributed by atoms with van der Waals surface area (Å²) in [6.07, 6.45) is 1.58. The van der Waals surface area contributed by atoms with Crippen LogP contribution in [-0.2, 0) is 30.3 Å². The van der Waals surface area contributed by atoms with E-state index in [0.29, 0.717) is 5.69 Å². The van der Waals surface area contributed by atoms with Crippen LogP contribution in [0.5, 0.6) is 0 Å². The molecule has 0 unspecified atom stereocenters. The number of imide groups is 1. The molecule has 3 amide bonds. The minimum atomic E-state index is -0.770. The lowest BCUT2D eigenvalue weighted by atomic mass is 9.81. The normalized spacial score (nSPS) is 31.8. The number of nitrogens with zero attached hydrogens (tertiary/aromatic N) is 1. The molecule has 0 aromatic heterocycles. The van der Waals surface area contributed by atoms with Crippen molar-refractivity contribution in [1.29, 1.82) is 0 Å². The van der Waals surface area contributed by atoms with E-state index in [9.17, 15) is 19.2 Å². The van der Waals surface area contributed by atoms with E-state index >= 15 is 0 Å². The minimum Gasteiger partial charge on any atom is -0.454 e. The molecule has 6 atom stereocenters. The average molecular weight is 542 g/mol. The molecule has 2 bridgehead atoms. The first-order chi connectivity index (χ1) is 14.3. The first-order valence-electron chi connectivity index (χ1n) is 10.00. The number of carbonyl (C=O) groups excluding carboxylic acids is 4. The fraction of sp³-hybridized carbons (Fsp3) is 0.524. The summed E-state index contributed by atoms with van der Waals surface area (Å²) in [6.45, 7) is 1.05. The maximum absolute atomic E-state index is 12.8. The van der Waals surface area contributed by atoms with Crippen LogP contribution in [-0.4, -0.2) is 51.4 Å². The highest BCUT2D eigenvalue weighted by molar-refractivity contribution is 9.12. The number of hydrogen-bond donors (Lipinski definition) is 1. The summed E-state index contributed by atoms with van der Waals surface area (Å²) >= 11 is 7.26. The smallest absolute Gasteiger partial charge is 0.326 e. The molecule has 1 heterocycles. The number of carbonyl (C=O) groups is 4.